The van der Waals surface area contributed by atoms with Crippen molar-refractivity contribution in [3.8, 4) is 0 Å². The predicted octanol–water partition coefficient (Wildman–Crippen LogP) is 3.79. The first kappa shape index (κ1) is 16.4. The fraction of sp³-hybridized carbons (Fsp3) is 0.467. The number of carboxylic acids is 1. The first-order chi connectivity index (χ1) is 8.51. The van der Waals surface area contributed by atoms with Gasteiger partial charge in [-0.2, -0.15) is 0 Å². The summed E-state index contributed by atoms with van der Waals surface area (Å²) in [6.07, 6.45) is 2.59. The van der Waals surface area contributed by atoms with Gasteiger partial charge in [0.2, 0.25) is 0 Å². The molecule has 3 heteroatoms. The number of aromatic carboxylic acids is 1. The van der Waals surface area contributed by atoms with Crippen LogP contribution in [0, 0.1) is 5.92 Å². The number of hydrogen-bond acceptors (Lipinski definition) is 2. The van der Waals surface area contributed by atoms with Crippen LogP contribution in [0.15, 0.2) is 30.3 Å². The highest BCUT2D eigenvalue weighted by Gasteiger charge is 2.03. The molecule has 0 saturated carbocycles. The molecule has 0 aromatic heterocycles. The smallest absolute Gasteiger partial charge is 0.335 e. The first-order valence-electron chi connectivity index (χ1n) is 6.31. The quantitative estimate of drug-likeness (QED) is 0.865. The van der Waals surface area contributed by atoms with Gasteiger partial charge in [-0.25, -0.2) is 4.79 Å². The van der Waals surface area contributed by atoms with Crippen LogP contribution in [0.2, 0.25) is 0 Å². The highest BCUT2D eigenvalue weighted by molar-refractivity contribution is 5.87. The minimum Gasteiger partial charge on any atom is -0.478 e. The molecule has 1 unspecified atom stereocenters. The number of benzene rings is 1. The van der Waals surface area contributed by atoms with Crippen LogP contribution >= 0.6 is 0 Å². The van der Waals surface area contributed by atoms with Gasteiger partial charge in [-0.05, 0) is 18.1 Å². The van der Waals surface area contributed by atoms with Gasteiger partial charge in [-0.3, -0.25) is 4.79 Å². The molecule has 1 atom stereocenters. The van der Waals surface area contributed by atoms with E-state index in [1.165, 1.54) is 0 Å². The van der Waals surface area contributed by atoms with E-state index >= 15 is 0 Å². The van der Waals surface area contributed by atoms with Gasteiger partial charge >= 0.3 is 5.97 Å². The van der Waals surface area contributed by atoms with Crippen LogP contribution in [-0.4, -0.2) is 16.9 Å². The maximum absolute atomic E-state index is 10.8. The third-order valence-corrected chi connectivity index (χ3v) is 2.69. The molecular weight excluding hydrogens is 228 g/mol. The molecule has 0 fully saturated rings. The summed E-state index contributed by atoms with van der Waals surface area (Å²) in [4.78, 5) is 21.0. The summed E-state index contributed by atoms with van der Waals surface area (Å²) < 4.78 is 0. The van der Waals surface area contributed by atoms with Crippen molar-refractivity contribution >= 4 is 11.8 Å². The van der Waals surface area contributed by atoms with Crippen molar-refractivity contribution < 1.29 is 14.7 Å². The Labute approximate surface area is 109 Å². The average Bonchev–Trinajstić information content (AvgIpc) is 2.40. The van der Waals surface area contributed by atoms with Gasteiger partial charge in [0.1, 0.15) is 5.78 Å². The molecule has 3 nitrogen and oxygen atoms in total. The second-order valence-corrected chi connectivity index (χ2v) is 4.28. The lowest BCUT2D eigenvalue weighted by Crippen LogP contribution is -2.02. The number of carbonyl (C=O) groups excluding carboxylic acids is 1. The largest absolute Gasteiger partial charge is 0.478 e. The molecule has 0 aliphatic carbocycles. The van der Waals surface area contributed by atoms with Crippen LogP contribution < -0.4 is 0 Å². The van der Waals surface area contributed by atoms with E-state index in [0.717, 1.165) is 12.8 Å². The summed E-state index contributed by atoms with van der Waals surface area (Å²) >= 11 is 0. The molecule has 0 radical (unpaired) electrons. The van der Waals surface area contributed by atoms with Crippen LogP contribution in [0.5, 0.6) is 0 Å². The lowest BCUT2D eigenvalue weighted by atomic mass is 10.0. The topological polar surface area (TPSA) is 54.4 Å². The number of carboxylic acid groups (broad SMARTS) is 1. The molecule has 100 valence electrons. The number of ketones is 1. The number of hydrogen-bond donors (Lipinski definition) is 1. The molecule has 0 spiro atoms. The summed E-state index contributed by atoms with van der Waals surface area (Å²) in [6.45, 7) is 6.16. The fourth-order valence-corrected chi connectivity index (χ4v) is 1.26. The SMILES string of the molecule is CCC(=O)CC(C)CC.O=C(O)c1ccccc1. The Bertz CT molecular complexity index is 357. The molecule has 0 amide bonds. The number of carbonyl (C=O) groups is 2. The third kappa shape index (κ3) is 7.60. The van der Waals surface area contributed by atoms with Crippen molar-refractivity contribution in [3.05, 3.63) is 35.9 Å². The molecule has 0 aliphatic heterocycles. The number of Topliss-reactive ketones (excluding diaryl/α,β-unsaturated/α-hetero) is 1. The third-order valence-electron chi connectivity index (χ3n) is 2.69. The van der Waals surface area contributed by atoms with Crippen LogP contribution in [-0.2, 0) is 4.79 Å². The molecule has 0 saturated heterocycles. The predicted molar refractivity (Wildman–Crippen MR) is 72.8 cm³/mol. The van der Waals surface area contributed by atoms with Crippen LogP contribution in [0.25, 0.3) is 0 Å². The summed E-state index contributed by atoms with van der Waals surface area (Å²) in [5.41, 5.74) is 0.331. The maximum atomic E-state index is 10.8. The fourth-order valence-electron chi connectivity index (χ4n) is 1.26. The summed E-state index contributed by atoms with van der Waals surface area (Å²) in [5.74, 6) is 0.0948. The lowest BCUT2D eigenvalue weighted by Gasteiger charge is -2.03. The Morgan fingerprint density at radius 2 is 1.72 bits per heavy atom. The Morgan fingerprint density at radius 1 is 1.17 bits per heavy atom. The Balaban J connectivity index is 0.000000321. The number of rotatable bonds is 5. The molecule has 1 aromatic rings. The summed E-state index contributed by atoms with van der Waals surface area (Å²) in [7, 11) is 0. The van der Waals surface area contributed by atoms with E-state index in [2.05, 4.69) is 13.8 Å². The van der Waals surface area contributed by atoms with Gasteiger partial charge in [-0.1, -0.05) is 45.4 Å². The van der Waals surface area contributed by atoms with Gasteiger partial charge < -0.3 is 5.11 Å². The second kappa shape index (κ2) is 9.40. The van der Waals surface area contributed by atoms with Crippen LogP contribution in [0.3, 0.4) is 0 Å². The van der Waals surface area contributed by atoms with Gasteiger partial charge in [-0.15, -0.1) is 0 Å². The van der Waals surface area contributed by atoms with E-state index in [1.807, 2.05) is 6.92 Å². The molecule has 0 bridgehead atoms. The summed E-state index contributed by atoms with van der Waals surface area (Å²) in [6, 6.07) is 8.30. The monoisotopic (exact) mass is 250 g/mol. The molecule has 1 aromatic carbocycles. The minimum absolute atomic E-state index is 0.331. The van der Waals surface area contributed by atoms with Crippen LogP contribution in [0.1, 0.15) is 50.4 Å². The van der Waals surface area contributed by atoms with Gasteiger partial charge in [0.05, 0.1) is 5.56 Å². The maximum Gasteiger partial charge on any atom is 0.335 e. The lowest BCUT2D eigenvalue weighted by molar-refractivity contribution is -0.119. The molecule has 0 aliphatic rings. The van der Waals surface area contributed by atoms with Crippen molar-refractivity contribution in [2.45, 2.75) is 40.0 Å². The minimum atomic E-state index is -0.879. The zero-order valence-electron chi connectivity index (χ0n) is 11.3. The van der Waals surface area contributed by atoms with E-state index < -0.39 is 5.97 Å². The zero-order chi connectivity index (χ0) is 14.0. The van der Waals surface area contributed by atoms with E-state index in [1.54, 1.807) is 30.3 Å². The Hall–Kier alpha value is -1.64. The van der Waals surface area contributed by atoms with Gasteiger partial charge in [0.15, 0.2) is 0 Å². The standard InChI is InChI=1S/C8H16O.C7H6O2/c1-4-7(3)6-8(9)5-2;8-7(9)6-4-2-1-3-5-6/h7H,4-6H2,1-3H3;1-5H,(H,8,9). The highest BCUT2D eigenvalue weighted by atomic mass is 16.4. The van der Waals surface area contributed by atoms with E-state index in [4.69, 9.17) is 5.11 Å². The van der Waals surface area contributed by atoms with E-state index in [9.17, 15) is 9.59 Å². The van der Waals surface area contributed by atoms with E-state index in [-0.39, 0.29) is 0 Å². The van der Waals surface area contributed by atoms with Gasteiger partial charge in [0, 0.05) is 12.8 Å². The van der Waals surface area contributed by atoms with Crippen molar-refractivity contribution in [2.75, 3.05) is 0 Å². The van der Waals surface area contributed by atoms with Crippen molar-refractivity contribution in [3.63, 3.8) is 0 Å². The Morgan fingerprint density at radius 3 is 2.06 bits per heavy atom. The zero-order valence-corrected chi connectivity index (χ0v) is 11.3. The van der Waals surface area contributed by atoms with E-state index in [0.29, 0.717) is 23.7 Å². The highest BCUT2D eigenvalue weighted by Crippen LogP contribution is 2.07. The average molecular weight is 250 g/mol. The molecular formula is C15H22O3. The Kier molecular flexibility index (Phi) is 8.54. The van der Waals surface area contributed by atoms with Gasteiger partial charge in [0.25, 0.3) is 0 Å². The second-order valence-electron chi connectivity index (χ2n) is 4.28. The molecule has 1 N–H and O–H groups in total. The first-order valence-corrected chi connectivity index (χ1v) is 6.31. The summed E-state index contributed by atoms with van der Waals surface area (Å²) in [5, 5.41) is 8.38. The van der Waals surface area contributed by atoms with Crippen molar-refractivity contribution in [1.82, 2.24) is 0 Å². The molecule has 1 rings (SSSR count). The molecule has 18 heavy (non-hydrogen) atoms. The van der Waals surface area contributed by atoms with Crippen molar-refractivity contribution in [1.29, 1.82) is 0 Å². The van der Waals surface area contributed by atoms with Crippen LogP contribution in [0.4, 0.5) is 0 Å². The molecule has 0 heterocycles. The van der Waals surface area contributed by atoms with Crippen molar-refractivity contribution in [2.24, 2.45) is 5.92 Å². The normalized spacial score (nSPS) is 11.1.